The third-order valence-corrected chi connectivity index (χ3v) is 5.33. The zero-order valence-corrected chi connectivity index (χ0v) is 17.0. The molecule has 1 saturated heterocycles. The number of amides is 1. The van der Waals surface area contributed by atoms with Crippen LogP contribution >= 0.6 is 0 Å². The highest BCUT2D eigenvalue weighted by Crippen LogP contribution is 2.34. The van der Waals surface area contributed by atoms with Crippen LogP contribution in [0.1, 0.15) is 37.1 Å². The number of anilines is 1. The minimum absolute atomic E-state index is 0.146. The average Bonchev–Trinajstić information content (AvgIpc) is 3.35. The minimum Gasteiger partial charge on any atom is -0.386 e. The van der Waals surface area contributed by atoms with Crippen LogP contribution in [-0.4, -0.2) is 56.4 Å². The Kier molecular flexibility index (Phi) is 5.46. The lowest BCUT2D eigenvalue weighted by molar-refractivity contribution is -0.114. The summed E-state index contributed by atoms with van der Waals surface area (Å²) in [4.78, 5) is 33.6. The van der Waals surface area contributed by atoms with Gasteiger partial charge in [-0.25, -0.2) is 15.0 Å². The summed E-state index contributed by atoms with van der Waals surface area (Å²) < 4.78 is 1.99. The molecular weight excluding hydrogens is 370 g/mol. The Bertz CT molecular complexity index is 876. The number of carbonyl (C=O) groups is 1. The number of oxime groups is 1. The first kappa shape index (κ1) is 19.4. The molecule has 1 spiro atoms. The Balaban J connectivity index is 1.30. The molecule has 9 nitrogen and oxygen atoms in total. The number of carbonyl (C=O) groups excluding carboxylic acids is 1. The summed E-state index contributed by atoms with van der Waals surface area (Å²) in [6.07, 6.45) is 8.60. The van der Waals surface area contributed by atoms with Gasteiger partial charge in [-0.15, -0.1) is 0 Å². The molecule has 2 aromatic heterocycles. The van der Waals surface area contributed by atoms with Crippen LogP contribution in [0.25, 0.3) is 0 Å². The van der Waals surface area contributed by atoms with Gasteiger partial charge in [0.1, 0.15) is 5.71 Å². The highest BCUT2D eigenvalue weighted by atomic mass is 16.7. The first-order chi connectivity index (χ1) is 14.0. The summed E-state index contributed by atoms with van der Waals surface area (Å²) in [5.74, 6) is 0.579. The standard InChI is InChI=1S/C20H27N7O2/c1-15-11-16(2)24-19(23-15)27-9-3-5-20(13-27)12-17(25-29-20)18(28)22-6-4-8-26-10-7-21-14-26/h7,10-11,14H,3-6,8-9,12-13H2,1-2H3,(H,22,28)/t20-/m1/s1. The fourth-order valence-electron chi connectivity index (χ4n) is 3.96. The normalized spacial score (nSPS) is 21.2. The zero-order chi connectivity index (χ0) is 20.3. The SMILES string of the molecule is Cc1cc(C)nc(N2CCC[C@@]3(CC(C(=O)NCCCn4ccnc4)=NO3)C2)n1. The molecule has 2 aliphatic rings. The molecule has 1 atom stereocenters. The molecule has 0 aromatic carbocycles. The third kappa shape index (κ3) is 4.55. The number of nitrogens with zero attached hydrogens (tertiary/aromatic N) is 6. The molecule has 154 valence electrons. The molecule has 0 radical (unpaired) electrons. The van der Waals surface area contributed by atoms with Crippen LogP contribution < -0.4 is 10.2 Å². The van der Waals surface area contributed by atoms with Gasteiger partial charge >= 0.3 is 0 Å². The van der Waals surface area contributed by atoms with Gasteiger partial charge in [-0.1, -0.05) is 5.16 Å². The van der Waals surface area contributed by atoms with E-state index in [0.717, 1.165) is 49.7 Å². The number of aryl methyl sites for hydroxylation is 3. The fourth-order valence-corrected chi connectivity index (χ4v) is 3.96. The molecule has 9 heteroatoms. The Labute approximate surface area is 170 Å². The van der Waals surface area contributed by atoms with E-state index in [-0.39, 0.29) is 5.91 Å². The molecule has 4 rings (SSSR count). The maximum atomic E-state index is 12.5. The van der Waals surface area contributed by atoms with Crippen LogP contribution in [0, 0.1) is 13.8 Å². The van der Waals surface area contributed by atoms with Crippen molar-refractivity contribution in [2.24, 2.45) is 5.16 Å². The van der Waals surface area contributed by atoms with Crippen molar-refractivity contribution in [2.45, 2.75) is 51.7 Å². The van der Waals surface area contributed by atoms with E-state index in [0.29, 0.717) is 25.2 Å². The number of rotatable bonds is 6. The van der Waals surface area contributed by atoms with Gasteiger partial charge in [0.05, 0.1) is 12.9 Å². The Morgan fingerprint density at radius 1 is 1.31 bits per heavy atom. The predicted octanol–water partition coefficient (Wildman–Crippen LogP) is 1.61. The topological polar surface area (TPSA) is 97.5 Å². The van der Waals surface area contributed by atoms with Crippen molar-refractivity contribution in [3.05, 3.63) is 36.2 Å². The van der Waals surface area contributed by atoms with Crippen LogP contribution in [0.4, 0.5) is 5.95 Å². The molecule has 0 unspecified atom stereocenters. The maximum Gasteiger partial charge on any atom is 0.269 e. The van der Waals surface area contributed by atoms with Crippen LogP contribution in [0.2, 0.25) is 0 Å². The van der Waals surface area contributed by atoms with Crippen molar-refractivity contribution in [2.75, 3.05) is 24.5 Å². The molecule has 2 aliphatic heterocycles. The van der Waals surface area contributed by atoms with Crippen molar-refractivity contribution >= 4 is 17.6 Å². The molecule has 1 N–H and O–H groups in total. The number of aromatic nitrogens is 4. The number of imidazole rings is 1. The van der Waals surface area contributed by atoms with Gasteiger partial charge in [0.15, 0.2) is 5.60 Å². The summed E-state index contributed by atoms with van der Waals surface area (Å²) in [6, 6.07) is 1.97. The highest BCUT2D eigenvalue weighted by Gasteiger charge is 2.45. The van der Waals surface area contributed by atoms with E-state index in [2.05, 4.69) is 30.3 Å². The number of hydrogen-bond donors (Lipinski definition) is 1. The summed E-state index contributed by atoms with van der Waals surface area (Å²) in [5, 5.41) is 7.07. The van der Waals surface area contributed by atoms with Crippen molar-refractivity contribution in [3.63, 3.8) is 0 Å². The zero-order valence-electron chi connectivity index (χ0n) is 17.0. The largest absolute Gasteiger partial charge is 0.386 e. The van der Waals surface area contributed by atoms with Gasteiger partial charge in [-0.2, -0.15) is 0 Å². The number of nitrogens with one attached hydrogen (secondary N) is 1. The van der Waals surface area contributed by atoms with E-state index < -0.39 is 5.60 Å². The van der Waals surface area contributed by atoms with Crippen molar-refractivity contribution in [1.82, 2.24) is 24.8 Å². The van der Waals surface area contributed by atoms with Crippen LogP contribution in [0.5, 0.6) is 0 Å². The van der Waals surface area contributed by atoms with E-state index in [4.69, 9.17) is 4.84 Å². The fraction of sp³-hybridized carbons (Fsp3) is 0.550. The molecule has 1 fully saturated rings. The number of hydrogen-bond acceptors (Lipinski definition) is 7. The number of piperidine rings is 1. The predicted molar refractivity (Wildman–Crippen MR) is 109 cm³/mol. The van der Waals surface area contributed by atoms with Gasteiger partial charge < -0.3 is 19.6 Å². The summed E-state index contributed by atoms with van der Waals surface area (Å²) in [7, 11) is 0. The Morgan fingerprint density at radius 2 is 2.14 bits per heavy atom. The Morgan fingerprint density at radius 3 is 2.90 bits per heavy atom. The molecule has 4 heterocycles. The smallest absolute Gasteiger partial charge is 0.269 e. The van der Waals surface area contributed by atoms with E-state index >= 15 is 0 Å². The summed E-state index contributed by atoms with van der Waals surface area (Å²) in [6.45, 7) is 6.87. The molecule has 1 amide bonds. The van der Waals surface area contributed by atoms with Crippen molar-refractivity contribution in [3.8, 4) is 0 Å². The van der Waals surface area contributed by atoms with Gasteiger partial charge in [-0.3, -0.25) is 4.79 Å². The monoisotopic (exact) mass is 397 g/mol. The van der Waals surface area contributed by atoms with Gasteiger partial charge in [0.25, 0.3) is 5.91 Å². The highest BCUT2D eigenvalue weighted by molar-refractivity contribution is 6.39. The molecule has 0 bridgehead atoms. The molecular formula is C20H27N7O2. The third-order valence-electron chi connectivity index (χ3n) is 5.33. The molecule has 29 heavy (non-hydrogen) atoms. The maximum absolute atomic E-state index is 12.5. The first-order valence-electron chi connectivity index (χ1n) is 10.1. The van der Waals surface area contributed by atoms with Crippen molar-refractivity contribution < 1.29 is 9.63 Å². The van der Waals surface area contributed by atoms with Crippen LogP contribution in [0.3, 0.4) is 0 Å². The summed E-state index contributed by atoms with van der Waals surface area (Å²) in [5.41, 5.74) is 1.90. The van der Waals surface area contributed by atoms with E-state index in [1.165, 1.54) is 0 Å². The van der Waals surface area contributed by atoms with E-state index in [1.807, 2.05) is 30.7 Å². The lowest BCUT2D eigenvalue weighted by atomic mass is 9.88. The quantitative estimate of drug-likeness (QED) is 0.744. The van der Waals surface area contributed by atoms with Crippen LogP contribution in [-0.2, 0) is 16.2 Å². The Hall–Kier alpha value is -2.97. The first-order valence-corrected chi connectivity index (χ1v) is 10.1. The van der Waals surface area contributed by atoms with Crippen molar-refractivity contribution in [1.29, 1.82) is 0 Å². The van der Waals surface area contributed by atoms with Gasteiger partial charge in [0.2, 0.25) is 5.95 Å². The van der Waals surface area contributed by atoms with Gasteiger partial charge in [-0.05, 0) is 39.2 Å². The van der Waals surface area contributed by atoms with Crippen LogP contribution in [0.15, 0.2) is 29.9 Å². The average molecular weight is 397 g/mol. The second-order valence-corrected chi connectivity index (χ2v) is 7.87. The second kappa shape index (κ2) is 8.18. The molecule has 0 aliphatic carbocycles. The molecule has 0 saturated carbocycles. The molecule has 2 aromatic rings. The lowest BCUT2D eigenvalue weighted by Gasteiger charge is -2.38. The summed E-state index contributed by atoms with van der Waals surface area (Å²) >= 11 is 0. The lowest BCUT2D eigenvalue weighted by Crippen LogP contribution is -2.49. The van der Waals surface area contributed by atoms with E-state index in [9.17, 15) is 4.79 Å². The second-order valence-electron chi connectivity index (χ2n) is 7.87. The van der Waals surface area contributed by atoms with Gasteiger partial charge in [0, 0.05) is 49.8 Å². The minimum atomic E-state index is -0.469. The van der Waals surface area contributed by atoms with E-state index in [1.54, 1.807) is 12.5 Å².